The number of carboxylic acids is 1. The summed E-state index contributed by atoms with van der Waals surface area (Å²) < 4.78 is 0. The summed E-state index contributed by atoms with van der Waals surface area (Å²) in [6.07, 6.45) is 3.57. The van der Waals surface area contributed by atoms with Gasteiger partial charge in [-0.25, -0.2) is 9.59 Å². The van der Waals surface area contributed by atoms with Crippen molar-refractivity contribution < 1.29 is 19.5 Å². The lowest BCUT2D eigenvalue weighted by Gasteiger charge is -2.31. The quantitative estimate of drug-likeness (QED) is 0.716. The highest BCUT2D eigenvalue weighted by molar-refractivity contribution is 6.02. The molecule has 3 amide bonds. The van der Waals surface area contributed by atoms with Gasteiger partial charge >= 0.3 is 12.0 Å². The van der Waals surface area contributed by atoms with Gasteiger partial charge in [0, 0.05) is 25.7 Å². The van der Waals surface area contributed by atoms with Gasteiger partial charge in [-0.05, 0) is 38.9 Å². The van der Waals surface area contributed by atoms with Crippen LogP contribution in [0.1, 0.15) is 12.8 Å². The van der Waals surface area contributed by atoms with Crippen LogP contribution in [0.3, 0.4) is 0 Å². The van der Waals surface area contributed by atoms with E-state index in [0.29, 0.717) is 18.5 Å². The Hall–Kier alpha value is -1.89. The first-order valence-electron chi connectivity index (χ1n) is 6.54. The maximum atomic E-state index is 11.7. The standard InChI is InChI=1S/C13H21N3O4/c1-15-7-5-10(6-8-15)9-16(2)13(20)14-11(17)3-4-12(18)19/h3-4,10H,5-9H2,1-2H3,(H,18,19)(H,14,17,20). The van der Waals surface area contributed by atoms with Gasteiger partial charge < -0.3 is 14.9 Å². The van der Waals surface area contributed by atoms with Gasteiger partial charge in [0.05, 0.1) is 0 Å². The van der Waals surface area contributed by atoms with Crippen molar-refractivity contribution in [1.82, 2.24) is 15.1 Å². The molecule has 20 heavy (non-hydrogen) atoms. The van der Waals surface area contributed by atoms with Gasteiger partial charge in [-0.1, -0.05) is 0 Å². The second-order valence-corrected chi connectivity index (χ2v) is 5.09. The molecule has 7 heteroatoms. The van der Waals surface area contributed by atoms with Crippen LogP contribution in [0.2, 0.25) is 0 Å². The number of carboxylic acid groups (broad SMARTS) is 1. The average Bonchev–Trinajstić information content (AvgIpc) is 2.39. The zero-order valence-corrected chi connectivity index (χ0v) is 11.8. The van der Waals surface area contributed by atoms with Gasteiger partial charge in [-0.3, -0.25) is 10.1 Å². The SMILES string of the molecule is CN1CCC(CN(C)C(=O)NC(=O)C=CC(=O)O)CC1. The van der Waals surface area contributed by atoms with Crippen molar-refractivity contribution in [2.75, 3.05) is 33.7 Å². The molecule has 0 aromatic carbocycles. The monoisotopic (exact) mass is 283 g/mol. The molecule has 0 aromatic heterocycles. The minimum Gasteiger partial charge on any atom is -0.478 e. The molecule has 0 radical (unpaired) electrons. The summed E-state index contributed by atoms with van der Waals surface area (Å²) in [7, 11) is 3.70. The lowest BCUT2D eigenvalue weighted by molar-refractivity contribution is -0.131. The summed E-state index contributed by atoms with van der Waals surface area (Å²) in [5.41, 5.74) is 0. The zero-order chi connectivity index (χ0) is 15.1. The summed E-state index contributed by atoms with van der Waals surface area (Å²) in [6.45, 7) is 2.62. The summed E-state index contributed by atoms with van der Waals surface area (Å²) in [5, 5.41) is 10.5. The van der Waals surface area contributed by atoms with Crippen molar-refractivity contribution in [3.05, 3.63) is 12.2 Å². The fraction of sp³-hybridized carbons (Fsp3) is 0.615. The van der Waals surface area contributed by atoms with Crippen LogP contribution in [0.5, 0.6) is 0 Å². The topological polar surface area (TPSA) is 90.0 Å². The van der Waals surface area contributed by atoms with E-state index in [2.05, 4.69) is 17.3 Å². The number of amides is 3. The largest absolute Gasteiger partial charge is 0.478 e. The van der Waals surface area contributed by atoms with E-state index in [-0.39, 0.29) is 0 Å². The molecule has 0 bridgehead atoms. The summed E-state index contributed by atoms with van der Waals surface area (Å²) in [5.74, 6) is -1.52. The molecule has 1 rings (SSSR count). The highest BCUT2D eigenvalue weighted by Crippen LogP contribution is 2.16. The molecule has 0 saturated carbocycles. The molecule has 1 aliphatic rings. The van der Waals surface area contributed by atoms with Crippen LogP contribution in [-0.4, -0.2) is 66.5 Å². The summed E-state index contributed by atoms with van der Waals surface area (Å²) >= 11 is 0. The minimum atomic E-state index is -1.23. The normalized spacial score (nSPS) is 17.1. The summed E-state index contributed by atoms with van der Waals surface area (Å²) in [4.78, 5) is 37.0. The number of nitrogens with one attached hydrogen (secondary N) is 1. The van der Waals surface area contributed by atoms with Crippen molar-refractivity contribution in [3.8, 4) is 0 Å². The Balaban J connectivity index is 2.35. The number of carbonyl (C=O) groups is 3. The van der Waals surface area contributed by atoms with Crippen molar-refractivity contribution in [1.29, 1.82) is 0 Å². The van der Waals surface area contributed by atoms with Gasteiger partial charge in [0.1, 0.15) is 0 Å². The second kappa shape index (κ2) is 7.64. The van der Waals surface area contributed by atoms with E-state index >= 15 is 0 Å². The fourth-order valence-electron chi connectivity index (χ4n) is 2.10. The molecule has 1 aliphatic heterocycles. The Kier molecular flexibility index (Phi) is 6.17. The Morgan fingerprint density at radius 2 is 1.90 bits per heavy atom. The van der Waals surface area contributed by atoms with Crippen LogP contribution in [0.4, 0.5) is 4.79 Å². The molecule has 0 aromatic rings. The number of carbonyl (C=O) groups excluding carboxylic acids is 2. The number of nitrogens with zero attached hydrogens (tertiary/aromatic N) is 2. The molecule has 1 heterocycles. The number of urea groups is 1. The molecule has 7 nitrogen and oxygen atoms in total. The number of imide groups is 1. The van der Waals surface area contributed by atoms with Crippen molar-refractivity contribution in [2.45, 2.75) is 12.8 Å². The Morgan fingerprint density at radius 1 is 1.30 bits per heavy atom. The highest BCUT2D eigenvalue weighted by Gasteiger charge is 2.20. The van der Waals surface area contributed by atoms with Crippen LogP contribution in [0.15, 0.2) is 12.2 Å². The van der Waals surface area contributed by atoms with Crippen LogP contribution in [0, 0.1) is 5.92 Å². The first-order valence-corrected chi connectivity index (χ1v) is 6.54. The zero-order valence-electron chi connectivity index (χ0n) is 11.8. The van der Waals surface area contributed by atoms with Crippen molar-refractivity contribution in [3.63, 3.8) is 0 Å². The number of hydrogen-bond donors (Lipinski definition) is 2. The molecule has 2 N–H and O–H groups in total. The Morgan fingerprint density at radius 3 is 2.45 bits per heavy atom. The number of aliphatic carboxylic acids is 1. The predicted molar refractivity (Wildman–Crippen MR) is 73.2 cm³/mol. The van der Waals surface area contributed by atoms with Crippen molar-refractivity contribution in [2.24, 2.45) is 5.92 Å². The third kappa shape index (κ3) is 5.83. The smallest absolute Gasteiger partial charge is 0.328 e. The van der Waals surface area contributed by atoms with Gasteiger partial charge in [-0.15, -0.1) is 0 Å². The molecule has 0 unspecified atom stereocenters. The van der Waals surface area contributed by atoms with Crippen LogP contribution in [0.25, 0.3) is 0 Å². The van der Waals surface area contributed by atoms with Gasteiger partial charge in [0.15, 0.2) is 0 Å². The molecule has 112 valence electrons. The average molecular weight is 283 g/mol. The third-order valence-electron chi connectivity index (χ3n) is 3.32. The molecular weight excluding hydrogens is 262 g/mol. The van der Waals surface area contributed by atoms with Gasteiger partial charge in [0.2, 0.25) is 0 Å². The van der Waals surface area contributed by atoms with Gasteiger partial charge in [-0.2, -0.15) is 0 Å². The molecule has 1 saturated heterocycles. The number of rotatable bonds is 4. The van der Waals surface area contributed by atoms with E-state index in [1.165, 1.54) is 4.90 Å². The maximum Gasteiger partial charge on any atom is 0.328 e. The molecular formula is C13H21N3O4. The summed E-state index contributed by atoms with van der Waals surface area (Å²) in [6, 6.07) is -0.510. The lowest BCUT2D eigenvalue weighted by Crippen LogP contribution is -2.44. The van der Waals surface area contributed by atoms with E-state index < -0.39 is 17.9 Å². The van der Waals surface area contributed by atoms with Crippen LogP contribution < -0.4 is 5.32 Å². The maximum absolute atomic E-state index is 11.7. The first kappa shape index (κ1) is 16.2. The molecule has 1 fully saturated rings. The van der Waals surface area contributed by atoms with Crippen molar-refractivity contribution >= 4 is 17.9 Å². The van der Waals surface area contributed by atoms with E-state index in [1.54, 1.807) is 7.05 Å². The Bertz CT molecular complexity index is 400. The predicted octanol–water partition coefficient (Wildman–Crippen LogP) is 0.137. The first-order chi connectivity index (χ1) is 9.38. The van der Waals surface area contributed by atoms with E-state index in [9.17, 15) is 14.4 Å². The number of likely N-dealkylation sites (tertiary alicyclic amines) is 1. The molecule has 0 spiro atoms. The lowest BCUT2D eigenvalue weighted by atomic mass is 9.97. The molecule has 0 atom stereocenters. The molecule has 0 aliphatic carbocycles. The van der Waals surface area contributed by atoms with E-state index in [4.69, 9.17) is 5.11 Å². The number of hydrogen-bond acceptors (Lipinski definition) is 4. The number of piperidine rings is 1. The highest BCUT2D eigenvalue weighted by atomic mass is 16.4. The minimum absolute atomic E-state index is 0.437. The Labute approximate surface area is 118 Å². The van der Waals surface area contributed by atoms with E-state index in [0.717, 1.165) is 32.0 Å². The van der Waals surface area contributed by atoms with Gasteiger partial charge in [0.25, 0.3) is 5.91 Å². The van der Waals surface area contributed by atoms with E-state index in [1.807, 2.05) is 0 Å². The van der Waals surface area contributed by atoms with Crippen LogP contribution >= 0.6 is 0 Å². The van der Waals surface area contributed by atoms with Crippen LogP contribution in [-0.2, 0) is 9.59 Å². The fourth-order valence-corrected chi connectivity index (χ4v) is 2.10. The second-order valence-electron chi connectivity index (χ2n) is 5.09. The third-order valence-corrected chi connectivity index (χ3v) is 3.32.